The number of aromatic nitrogens is 3. The van der Waals surface area contributed by atoms with Crippen molar-refractivity contribution in [3.63, 3.8) is 0 Å². The van der Waals surface area contributed by atoms with Gasteiger partial charge < -0.3 is 0 Å². The predicted molar refractivity (Wildman–Crippen MR) is 88.3 cm³/mol. The SMILES string of the molecule is O=c1n(-c2ccc(Cl)c(Cl)c2)ccc2nc3ccccc3n12. The zero-order chi connectivity index (χ0) is 15.3. The molecule has 2 heterocycles. The molecule has 4 nitrogen and oxygen atoms in total. The van der Waals surface area contributed by atoms with E-state index < -0.39 is 0 Å². The highest BCUT2D eigenvalue weighted by molar-refractivity contribution is 6.42. The summed E-state index contributed by atoms with van der Waals surface area (Å²) < 4.78 is 3.10. The fraction of sp³-hybridized carbons (Fsp3) is 0. The van der Waals surface area contributed by atoms with Gasteiger partial charge in [-0.05, 0) is 36.4 Å². The van der Waals surface area contributed by atoms with Gasteiger partial charge in [-0.15, -0.1) is 0 Å². The number of nitrogens with zero attached hydrogens (tertiary/aromatic N) is 3. The Morgan fingerprint density at radius 3 is 2.59 bits per heavy atom. The lowest BCUT2D eigenvalue weighted by molar-refractivity contribution is 0.892. The molecule has 0 saturated heterocycles. The number of hydrogen-bond donors (Lipinski definition) is 0. The van der Waals surface area contributed by atoms with E-state index in [1.807, 2.05) is 24.3 Å². The van der Waals surface area contributed by atoms with Gasteiger partial charge in [-0.2, -0.15) is 0 Å². The highest BCUT2D eigenvalue weighted by atomic mass is 35.5. The number of halogens is 2. The number of fused-ring (bicyclic) bond motifs is 3. The lowest BCUT2D eigenvalue weighted by atomic mass is 10.3. The van der Waals surface area contributed by atoms with E-state index in [-0.39, 0.29) is 5.69 Å². The van der Waals surface area contributed by atoms with Gasteiger partial charge in [0.2, 0.25) is 0 Å². The summed E-state index contributed by atoms with van der Waals surface area (Å²) in [4.78, 5) is 17.3. The molecule has 0 aliphatic heterocycles. The van der Waals surface area contributed by atoms with Crippen molar-refractivity contribution >= 4 is 39.9 Å². The molecule has 0 spiro atoms. The van der Waals surface area contributed by atoms with E-state index in [1.165, 1.54) is 4.57 Å². The second kappa shape index (κ2) is 4.87. The van der Waals surface area contributed by atoms with Gasteiger partial charge >= 0.3 is 5.69 Å². The van der Waals surface area contributed by atoms with Crippen LogP contribution in [0.1, 0.15) is 0 Å². The maximum atomic E-state index is 12.8. The van der Waals surface area contributed by atoms with Crippen LogP contribution in [-0.2, 0) is 0 Å². The van der Waals surface area contributed by atoms with Crippen LogP contribution in [0.5, 0.6) is 0 Å². The van der Waals surface area contributed by atoms with Crippen LogP contribution in [0, 0.1) is 0 Å². The quantitative estimate of drug-likeness (QED) is 0.530. The highest BCUT2D eigenvalue weighted by Gasteiger charge is 2.10. The van der Waals surface area contributed by atoms with Gasteiger partial charge in [0, 0.05) is 6.20 Å². The Hall–Kier alpha value is -2.30. The first-order chi connectivity index (χ1) is 10.6. The minimum absolute atomic E-state index is 0.204. The summed E-state index contributed by atoms with van der Waals surface area (Å²) in [5.74, 6) is 0. The topological polar surface area (TPSA) is 39.3 Å². The van der Waals surface area contributed by atoms with Crippen molar-refractivity contribution < 1.29 is 0 Å². The molecule has 0 atom stereocenters. The Morgan fingerprint density at radius 1 is 0.955 bits per heavy atom. The number of rotatable bonds is 1. The van der Waals surface area contributed by atoms with Crippen molar-refractivity contribution in [3.8, 4) is 5.69 Å². The third kappa shape index (κ3) is 1.92. The van der Waals surface area contributed by atoms with Crippen LogP contribution >= 0.6 is 23.2 Å². The van der Waals surface area contributed by atoms with Crippen LogP contribution in [0.15, 0.2) is 59.5 Å². The first-order valence-electron chi connectivity index (χ1n) is 6.59. The van der Waals surface area contributed by atoms with E-state index in [0.29, 0.717) is 21.4 Å². The van der Waals surface area contributed by atoms with Gasteiger partial charge in [0.1, 0.15) is 5.65 Å². The Kier molecular flexibility index (Phi) is 2.96. The van der Waals surface area contributed by atoms with Crippen LogP contribution in [0.3, 0.4) is 0 Å². The maximum Gasteiger partial charge on any atom is 0.338 e. The van der Waals surface area contributed by atoms with Gasteiger partial charge in [-0.3, -0.25) is 4.57 Å². The van der Waals surface area contributed by atoms with E-state index in [1.54, 1.807) is 34.9 Å². The summed E-state index contributed by atoms with van der Waals surface area (Å²) >= 11 is 12.0. The second-order valence-corrected chi connectivity index (χ2v) is 5.68. The molecule has 4 rings (SSSR count). The molecule has 0 bridgehead atoms. The third-order valence-electron chi connectivity index (χ3n) is 3.54. The average Bonchev–Trinajstić information content (AvgIpc) is 2.90. The van der Waals surface area contributed by atoms with Gasteiger partial charge in [-0.25, -0.2) is 14.2 Å². The highest BCUT2D eigenvalue weighted by Crippen LogP contribution is 2.24. The summed E-state index contributed by atoms with van der Waals surface area (Å²) in [5.41, 5.74) is 2.62. The average molecular weight is 330 g/mol. The molecule has 4 aromatic rings. The van der Waals surface area contributed by atoms with Crippen molar-refractivity contribution in [1.29, 1.82) is 0 Å². The molecular weight excluding hydrogens is 321 g/mol. The van der Waals surface area contributed by atoms with Crippen molar-refractivity contribution in [2.45, 2.75) is 0 Å². The minimum Gasteiger partial charge on any atom is -0.269 e. The van der Waals surface area contributed by atoms with Crippen LogP contribution in [0.4, 0.5) is 0 Å². The molecule has 22 heavy (non-hydrogen) atoms. The normalized spacial score (nSPS) is 11.4. The van der Waals surface area contributed by atoms with Crippen LogP contribution in [0.25, 0.3) is 22.4 Å². The summed E-state index contributed by atoms with van der Waals surface area (Å²) in [5, 5.41) is 0.856. The predicted octanol–water partition coefficient (Wildman–Crippen LogP) is 3.95. The van der Waals surface area contributed by atoms with E-state index in [0.717, 1.165) is 11.0 Å². The van der Waals surface area contributed by atoms with Crippen molar-refractivity contribution in [1.82, 2.24) is 14.0 Å². The molecule has 0 radical (unpaired) electrons. The van der Waals surface area contributed by atoms with Crippen LogP contribution in [0.2, 0.25) is 10.0 Å². The molecule has 2 aromatic carbocycles. The Morgan fingerprint density at radius 2 is 1.77 bits per heavy atom. The zero-order valence-electron chi connectivity index (χ0n) is 11.2. The summed E-state index contributed by atoms with van der Waals surface area (Å²) in [7, 11) is 0. The Labute approximate surface area is 135 Å². The molecule has 0 unspecified atom stereocenters. The van der Waals surface area contributed by atoms with Gasteiger partial charge in [0.05, 0.1) is 26.8 Å². The number of para-hydroxylation sites is 2. The fourth-order valence-electron chi connectivity index (χ4n) is 2.50. The molecule has 0 aliphatic carbocycles. The lowest BCUT2D eigenvalue weighted by Crippen LogP contribution is -2.24. The molecule has 2 aromatic heterocycles. The molecule has 108 valence electrons. The van der Waals surface area contributed by atoms with Gasteiger partial charge in [-0.1, -0.05) is 35.3 Å². The Bertz CT molecular complexity index is 1080. The van der Waals surface area contributed by atoms with Gasteiger partial charge in [0.15, 0.2) is 0 Å². The zero-order valence-corrected chi connectivity index (χ0v) is 12.7. The van der Waals surface area contributed by atoms with E-state index in [2.05, 4.69) is 4.98 Å². The maximum absolute atomic E-state index is 12.8. The molecule has 0 N–H and O–H groups in total. The Balaban J connectivity index is 2.07. The second-order valence-electron chi connectivity index (χ2n) is 4.86. The number of hydrogen-bond acceptors (Lipinski definition) is 2. The van der Waals surface area contributed by atoms with Crippen LogP contribution in [-0.4, -0.2) is 14.0 Å². The fourth-order valence-corrected chi connectivity index (χ4v) is 2.79. The van der Waals surface area contributed by atoms with Crippen molar-refractivity contribution in [3.05, 3.63) is 75.3 Å². The minimum atomic E-state index is -0.204. The molecule has 0 fully saturated rings. The van der Waals surface area contributed by atoms with Crippen molar-refractivity contribution in [2.75, 3.05) is 0 Å². The number of imidazole rings is 1. The van der Waals surface area contributed by atoms with Crippen LogP contribution < -0.4 is 5.69 Å². The first-order valence-corrected chi connectivity index (χ1v) is 7.35. The molecule has 0 aliphatic rings. The van der Waals surface area contributed by atoms with E-state index in [9.17, 15) is 4.79 Å². The largest absolute Gasteiger partial charge is 0.338 e. The standard InChI is InChI=1S/C16H9Cl2N3O/c17-11-6-5-10(9-12(11)18)20-8-7-15-19-13-3-1-2-4-14(13)21(15)16(20)22/h1-9H. The lowest BCUT2D eigenvalue weighted by Gasteiger charge is -2.07. The van der Waals surface area contributed by atoms with E-state index in [4.69, 9.17) is 23.2 Å². The van der Waals surface area contributed by atoms with Crippen molar-refractivity contribution in [2.24, 2.45) is 0 Å². The monoisotopic (exact) mass is 329 g/mol. The molecule has 6 heteroatoms. The third-order valence-corrected chi connectivity index (χ3v) is 4.28. The number of benzene rings is 2. The summed E-state index contributed by atoms with van der Waals surface area (Å²) in [6.45, 7) is 0. The summed E-state index contributed by atoms with van der Waals surface area (Å²) in [6.07, 6.45) is 1.68. The van der Waals surface area contributed by atoms with E-state index >= 15 is 0 Å². The summed E-state index contributed by atoms with van der Waals surface area (Å²) in [6, 6.07) is 14.4. The molecule has 0 amide bonds. The first kappa shape index (κ1) is 13.4. The smallest absolute Gasteiger partial charge is 0.269 e. The molecular formula is C16H9Cl2N3O. The van der Waals surface area contributed by atoms with Gasteiger partial charge in [0.25, 0.3) is 0 Å². The molecule has 0 saturated carbocycles.